The van der Waals surface area contributed by atoms with Gasteiger partial charge < -0.3 is 14.4 Å². The predicted octanol–water partition coefficient (Wildman–Crippen LogP) is 1.96. The molecular formula is C15H14N2O3. The Morgan fingerprint density at radius 3 is 2.25 bits per heavy atom. The number of carbonyl (C=O) groups is 1. The summed E-state index contributed by atoms with van der Waals surface area (Å²) in [5.41, 5.74) is 1.78. The Hall–Kier alpha value is -2.53. The smallest absolute Gasteiger partial charge is 0.398 e. The maximum absolute atomic E-state index is 11.0. The van der Waals surface area contributed by atoms with Gasteiger partial charge in [-0.15, -0.1) is 7.05 Å². The molecule has 0 aromatic heterocycles. The predicted molar refractivity (Wildman–Crippen MR) is 74.0 cm³/mol. The van der Waals surface area contributed by atoms with E-state index in [2.05, 4.69) is 12.4 Å². The summed E-state index contributed by atoms with van der Waals surface area (Å²) in [6.07, 6.45) is 0. The highest BCUT2D eigenvalue weighted by molar-refractivity contribution is 5.93. The lowest BCUT2D eigenvalue weighted by Crippen LogP contribution is -3.03. The first-order valence-corrected chi connectivity index (χ1v) is 6.20. The molecule has 2 aliphatic rings. The minimum Gasteiger partial charge on any atom is -0.454 e. The number of para-hydroxylation sites is 4. The van der Waals surface area contributed by atoms with Crippen molar-refractivity contribution in [1.29, 1.82) is 0 Å². The van der Waals surface area contributed by atoms with Crippen LogP contribution in [0.3, 0.4) is 0 Å². The maximum Gasteiger partial charge on any atom is 0.398 e. The fourth-order valence-corrected chi connectivity index (χ4v) is 2.02. The van der Waals surface area contributed by atoms with Crippen molar-refractivity contribution in [3.63, 3.8) is 0 Å². The molecule has 0 aliphatic carbocycles. The van der Waals surface area contributed by atoms with Gasteiger partial charge in [0.05, 0.1) is 0 Å². The van der Waals surface area contributed by atoms with E-state index in [1.165, 1.54) is 0 Å². The van der Waals surface area contributed by atoms with Crippen molar-refractivity contribution < 1.29 is 19.2 Å². The number of benzene rings is 2. The van der Waals surface area contributed by atoms with Gasteiger partial charge in [-0.3, -0.25) is 5.32 Å². The van der Waals surface area contributed by atoms with Crippen molar-refractivity contribution in [2.45, 2.75) is 0 Å². The van der Waals surface area contributed by atoms with Gasteiger partial charge in [0.2, 0.25) is 6.79 Å². The Labute approximate surface area is 116 Å². The van der Waals surface area contributed by atoms with Crippen LogP contribution in [-0.4, -0.2) is 12.8 Å². The molecule has 2 N–H and O–H groups in total. The Morgan fingerprint density at radius 2 is 1.60 bits per heavy atom. The van der Waals surface area contributed by atoms with E-state index in [1.807, 2.05) is 48.5 Å². The largest absolute Gasteiger partial charge is 0.454 e. The molecule has 2 amide bonds. The van der Waals surface area contributed by atoms with E-state index in [4.69, 9.17) is 9.47 Å². The van der Waals surface area contributed by atoms with E-state index < -0.39 is 0 Å². The van der Waals surface area contributed by atoms with Gasteiger partial charge in [0.25, 0.3) is 0 Å². The number of hydrogen-bond donors (Lipinski definition) is 2. The van der Waals surface area contributed by atoms with Gasteiger partial charge >= 0.3 is 6.03 Å². The molecule has 0 saturated carbocycles. The van der Waals surface area contributed by atoms with Crippen LogP contribution < -0.4 is 19.7 Å². The number of nitrogens with one attached hydrogen (secondary N) is 2. The Balaban J connectivity index is 0.000000123. The lowest BCUT2D eigenvalue weighted by molar-refractivity contribution is -0.679. The minimum atomic E-state index is -0.0915. The summed E-state index contributed by atoms with van der Waals surface area (Å²) < 4.78 is 10.2. The molecule has 0 spiro atoms. The number of rotatable bonds is 0. The van der Waals surface area contributed by atoms with E-state index in [0.717, 1.165) is 22.9 Å². The fraction of sp³-hybridized carbons (Fsp3) is 0.0667. The highest BCUT2D eigenvalue weighted by Gasteiger charge is 2.24. The number of urea groups is 1. The summed E-state index contributed by atoms with van der Waals surface area (Å²) in [7, 11) is 3.66. The zero-order valence-corrected chi connectivity index (χ0v) is 10.8. The number of quaternary nitrogens is 1. The van der Waals surface area contributed by atoms with E-state index in [0.29, 0.717) is 11.7 Å². The van der Waals surface area contributed by atoms with Crippen LogP contribution in [0.1, 0.15) is 0 Å². The third-order valence-corrected chi connectivity index (χ3v) is 3.05. The highest BCUT2D eigenvalue weighted by Crippen LogP contribution is 2.30. The first kappa shape index (κ1) is 12.5. The van der Waals surface area contributed by atoms with Crippen LogP contribution in [0.4, 0.5) is 16.2 Å². The number of amides is 2. The quantitative estimate of drug-likeness (QED) is 0.719. The van der Waals surface area contributed by atoms with Gasteiger partial charge in [0, 0.05) is 0 Å². The molecule has 1 unspecified atom stereocenters. The highest BCUT2D eigenvalue weighted by atomic mass is 16.7. The molecule has 0 fully saturated rings. The first-order chi connectivity index (χ1) is 9.75. The van der Waals surface area contributed by atoms with Crippen LogP contribution >= 0.6 is 0 Å². The van der Waals surface area contributed by atoms with Crippen LogP contribution in [0.5, 0.6) is 11.5 Å². The normalized spacial score (nSPS) is 17.9. The molecule has 2 heterocycles. The van der Waals surface area contributed by atoms with E-state index in [9.17, 15) is 4.79 Å². The lowest BCUT2D eigenvalue weighted by atomic mass is 10.3. The van der Waals surface area contributed by atoms with Gasteiger partial charge in [0.15, 0.2) is 11.5 Å². The molecule has 2 aromatic rings. The summed E-state index contributed by atoms with van der Waals surface area (Å²) in [5.74, 6) is 1.69. The molecule has 102 valence electrons. The minimum absolute atomic E-state index is 0.0915. The standard InChI is InChI=1S/C8H8N2O.C7H6O2/c1-10-7-5-3-2-4-6(7)9-8(10)11;1-2-4-7-6(3-1)8-5-9-7/h2-5,10H,1H2,(H,9,11);1-4H,5H2. The fourth-order valence-electron chi connectivity index (χ4n) is 2.02. The number of hydrogen-bond acceptors (Lipinski definition) is 3. The average Bonchev–Trinajstić information content (AvgIpc) is 3.06. The molecule has 5 heteroatoms. The number of ether oxygens (including phenoxy) is 2. The molecule has 0 radical (unpaired) electrons. The molecular weight excluding hydrogens is 256 g/mol. The van der Waals surface area contributed by atoms with Gasteiger partial charge in [-0.05, 0) is 24.3 Å². The van der Waals surface area contributed by atoms with E-state index in [1.54, 1.807) is 0 Å². The van der Waals surface area contributed by atoms with Gasteiger partial charge in [-0.25, -0.2) is 4.79 Å². The van der Waals surface area contributed by atoms with Crippen molar-refractivity contribution >= 4 is 17.4 Å². The van der Waals surface area contributed by atoms with Crippen molar-refractivity contribution in [1.82, 2.24) is 0 Å². The lowest BCUT2D eigenvalue weighted by Gasteiger charge is -2.06. The van der Waals surface area contributed by atoms with Crippen LogP contribution in [0.15, 0.2) is 48.5 Å². The number of fused-ring (bicyclic) bond motifs is 2. The average molecular weight is 270 g/mol. The second-order valence-electron chi connectivity index (χ2n) is 4.33. The van der Waals surface area contributed by atoms with Crippen molar-refractivity contribution in [2.75, 3.05) is 12.1 Å². The van der Waals surface area contributed by atoms with Crippen LogP contribution in [0.25, 0.3) is 0 Å². The van der Waals surface area contributed by atoms with Gasteiger partial charge in [-0.2, -0.15) is 0 Å². The maximum atomic E-state index is 11.0. The SMILES string of the molecule is [CH2-][NH+]1C(=O)Nc2ccccc21.c1ccc2c(c1)OCO2. The van der Waals surface area contributed by atoms with Gasteiger partial charge in [-0.1, -0.05) is 24.3 Å². The number of carbonyl (C=O) groups excluding carboxylic acids is 1. The number of anilines is 1. The second-order valence-corrected chi connectivity index (χ2v) is 4.33. The van der Waals surface area contributed by atoms with Crippen molar-refractivity contribution in [3.8, 4) is 11.5 Å². The molecule has 0 saturated heterocycles. The van der Waals surface area contributed by atoms with E-state index >= 15 is 0 Å². The Morgan fingerprint density at radius 1 is 1.00 bits per heavy atom. The topological polar surface area (TPSA) is 52.0 Å². The summed E-state index contributed by atoms with van der Waals surface area (Å²) >= 11 is 0. The molecule has 4 rings (SSSR count). The summed E-state index contributed by atoms with van der Waals surface area (Å²) in [5, 5.41) is 2.71. The van der Waals surface area contributed by atoms with Crippen LogP contribution in [0.2, 0.25) is 0 Å². The third-order valence-electron chi connectivity index (χ3n) is 3.05. The summed E-state index contributed by atoms with van der Waals surface area (Å²) in [4.78, 5) is 11.6. The van der Waals surface area contributed by atoms with Gasteiger partial charge in [0.1, 0.15) is 11.4 Å². The van der Waals surface area contributed by atoms with Crippen LogP contribution in [0, 0.1) is 7.05 Å². The molecule has 1 atom stereocenters. The zero-order valence-electron chi connectivity index (χ0n) is 10.8. The molecule has 20 heavy (non-hydrogen) atoms. The van der Waals surface area contributed by atoms with E-state index in [-0.39, 0.29) is 6.03 Å². The molecule has 0 bridgehead atoms. The first-order valence-electron chi connectivity index (χ1n) is 6.20. The third kappa shape index (κ3) is 2.31. The summed E-state index contributed by atoms with van der Waals surface area (Å²) in [6, 6.07) is 15.1. The molecule has 2 aromatic carbocycles. The zero-order chi connectivity index (χ0) is 13.9. The summed E-state index contributed by atoms with van der Waals surface area (Å²) in [6.45, 7) is 0.360. The Bertz CT molecular complexity index is 620. The molecule has 2 aliphatic heterocycles. The Kier molecular flexibility index (Phi) is 3.26. The van der Waals surface area contributed by atoms with Crippen LogP contribution in [-0.2, 0) is 0 Å². The van der Waals surface area contributed by atoms with Crippen molar-refractivity contribution in [2.24, 2.45) is 0 Å². The van der Waals surface area contributed by atoms with Crippen molar-refractivity contribution in [3.05, 3.63) is 55.6 Å². The monoisotopic (exact) mass is 270 g/mol. The molecule has 5 nitrogen and oxygen atoms in total. The second kappa shape index (κ2) is 5.22.